The maximum absolute atomic E-state index is 12.4. The summed E-state index contributed by atoms with van der Waals surface area (Å²) in [6, 6.07) is 4.11. The first-order valence-electron chi connectivity index (χ1n) is 6.18. The standard InChI is InChI=1S/C13H16F2N2/c14-13(15)10-3-9(4-10)12-2-1-8(7-17-12)11-5-16-6-11/h1-2,7,9-11,13,16H,3-6H2. The maximum atomic E-state index is 12.4. The summed E-state index contributed by atoms with van der Waals surface area (Å²) in [5.41, 5.74) is 2.25. The Morgan fingerprint density at radius 2 is 1.94 bits per heavy atom. The molecule has 1 N–H and O–H groups in total. The molecule has 0 radical (unpaired) electrons. The fourth-order valence-electron chi connectivity index (χ4n) is 2.53. The minimum atomic E-state index is -2.16. The van der Waals surface area contributed by atoms with Gasteiger partial charge in [0.05, 0.1) is 0 Å². The van der Waals surface area contributed by atoms with Gasteiger partial charge in [0, 0.05) is 42.7 Å². The Morgan fingerprint density at radius 3 is 2.41 bits per heavy atom. The smallest absolute Gasteiger partial charge is 0.241 e. The van der Waals surface area contributed by atoms with Crippen LogP contribution in [0.5, 0.6) is 0 Å². The van der Waals surface area contributed by atoms with Crippen LogP contribution in [0.1, 0.15) is 35.9 Å². The van der Waals surface area contributed by atoms with Crippen LogP contribution in [-0.4, -0.2) is 24.5 Å². The third kappa shape index (κ3) is 2.06. The number of rotatable bonds is 3. The highest BCUT2D eigenvalue weighted by Crippen LogP contribution is 2.43. The molecule has 1 aliphatic carbocycles. The summed E-state index contributed by atoms with van der Waals surface area (Å²) in [6.07, 6.45) is 0.937. The molecule has 0 amide bonds. The second-order valence-corrected chi connectivity index (χ2v) is 5.13. The average Bonchev–Trinajstić information content (AvgIpc) is 2.15. The van der Waals surface area contributed by atoms with Crippen LogP contribution in [0.3, 0.4) is 0 Å². The lowest BCUT2D eigenvalue weighted by Crippen LogP contribution is -2.39. The Hall–Kier alpha value is -1.03. The molecule has 92 valence electrons. The fourth-order valence-corrected chi connectivity index (χ4v) is 2.53. The molecule has 1 saturated heterocycles. The first-order chi connectivity index (χ1) is 8.24. The van der Waals surface area contributed by atoms with Gasteiger partial charge in [-0.1, -0.05) is 6.07 Å². The molecule has 2 fully saturated rings. The van der Waals surface area contributed by atoms with Crippen molar-refractivity contribution < 1.29 is 8.78 Å². The largest absolute Gasteiger partial charge is 0.315 e. The van der Waals surface area contributed by atoms with Crippen LogP contribution in [0, 0.1) is 5.92 Å². The molecule has 1 aromatic heterocycles. The Labute approximate surface area is 99.4 Å². The van der Waals surface area contributed by atoms with Crippen molar-refractivity contribution in [1.82, 2.24) is 10.3 Å². The predicted molar refractivity (Wildman–Crippen MR) is 61.3 cm³/mol. The number of nitrogens with zero attached hydrogens (tertiary/aromatic N) is 1. The quantitative estimate of drug-likeness (QED) is 0.875. The summed E-state index contributed by atoms with van der Waals surface area (Å²) < 4.78 is 24.7. The number of halogens is 2. The van der Waals surface area contributed by atoms with Gasteiger partial charge in [0.25, 0.3) is 0 Å². The average molecular weight is 238 g/mol. The van der Waals surface area contributed by atoms with Crippen LogP contribution >= 0.6 is 0 Å². The Morgan fingerprint density at radius 1 is 1.18 bits per heavy atom. The Balaban J connectivity index is 1.61. The van der Waals surface area contributed by atoms with Crippen LogP contribution in [0.25, 0.3) is 0 Å². The first-order valence-corrected chi connectivity index (χ1v) is 6.18. The van der Waals surface area contributed by atoms with E-state index in [0.717, 1.165) is 18.8 Å². The zero-order valence-electron chi connectivity index (χ0n) is 9.57. The Kier molecular flexibility index (Phi) is 2.82. The summed E-state index contributed by atoms with van der Waals surface area (Å²) in [6.45, 7) is 2.05. The molecule has 0 spiro atoms. The van der Waals surface area contributed by atoms with Gasteiger partial charge >= 0.3 is 0 Å². The molecule has 2 nitrogen and oxygen atoms in total. The number of aromatic nitrogens is 1. The molecular formula is C13H16F2N2. The third-order valence-corrected chi connectivity index (χ3v) is 4.01. The molecule has 0 unspecified atom stereocenters. The molecule has 1 aromatic rings. The lowest BCUT2D eigenvalue weighted by molar-refractivity contribution is 0.0218. The zero-order valence-corrected chi connectivity index (χ0v) is 9.57. The van der Waals surface area contributed by atoms with E-state index in [4.69, 9.17) is 0 Å². The van der Waals surface area contributed by atoms with Gasteiger partial charge in [0.1, 0.15) is 0 Å². The number of hydrogen-bond acceptors (Lipinski definition) is 2. The van der Waals surface area contributed by atoms with Crippen molar-refractivity contribution in [3.8, 4) is 0 Å². The highest BCUT2D eigenvalue weighted by molar-refractivity contribution is 5.24. The molecule has 0 aromatic carbocycles. The lowest BCUT2D eigenvalue weighted by atomic mass is 9.73. The van der Waals surface area contributed by atoms with Crippen LogP contribution < -0.4 is 5.32 Å². The van der Waals surface area contributed by atoms with E-state index < -0.39 is 12.3 Å². The third-order valence-electron chi connectivity index (χ3n) is 4.01. The van der Waals surface area contributed by atoms with E-state index in [1.165, 1.54) is 5.56 Å². The van der Waals surface area contributed by atoms with Gasteiger partial charge in [-0.05, 0) is 24.5 Å². The highest BCUT2D eigenvalue weighted by Gasteiger charge is 2.37. The zero-order chi connectivity index (χ0) is 11.8. The summed E-state index contributed by atoms with van der Waals surface area (Å²) in [4.78, 5) is 4.42. The van der Waals surface area contributed by atoms with E-state index in [1.54, 1.807) is 0 Å². The van der Waals surface area contributed by atoms with Gasteiger partial charge in [-0.2, -0.15) is 0 Å². The molecule has 2 heterocycles. The summed E-state index contributed by atoms with van der Waals surface area (Å²) in [5.74, 6) is 0.437. The summed E-state index contributed by atoms with van der Waals surface area (Å²) in [7, 11) is 0. The molecule has 0 bridgehead atoms. The normalized spacial score (nSPS) is 28.9. The van der Waals surface area contributed by atoms with Crippen LogP contribution in [-0.2, 0) is 0 Å². The van der Waals surface area contributed by atoms with Crippen LogP contribution in [0.15, 0.2) is 18.3 Å². The van der Waals surface area contributed by atoms with E-state index >= 15 is 0 Å². The van der Waals surface area contributed by atoms with Gasteiger partial charge in [-0.25, -0.2) is 8.78 Å². The molecule has 1 saturated carbocycles. The molecule has 2 aliphatic rings. The summed E-state index contributed by atoms with van der Waals surface area (Å²) in [5, 5.41) is 3.23. The molecule has 3 rings (SSSR count). The van der Waals surface area contributed by atoms with Crippen molar-refractivity contribution in [3.05, 3.63) is 29.6 Å². The summed E-state index contributed by atoms with van der Waals surface area (Å²) >= 11 is 0. The number of hydrogen-bond donors (Lipinski definition) is 1. The van der Waals surface area contributed by atoms with Crippen molar-refractivity contribution in [1.29, 1.82) is 0 Å². The minimum Gasteiger partial charge on any atom is -0.315 e. The van der Waals surface area contributed by atoms with Crippen molar-refractivity contribution >= 4 is 0 Å². The molecule has 1 aliphatic heterocycles. The van der Waals surface area contributed by atoms with E-state index in [1.807, 2.05) is 12.3 Å². The van der Waals surface area contributed by atoms with Crippen LogP contribution in [0.2, 0.25) is 0 Å². The maximum Gasteiger partial charge on any atom is 0.241 e. The minimum absolute atomic E-state index is 0.252. The van der Waals surface area contributed by atoms with Crippen molar-refractivity contribution in [2.75, 3.05) is 13.1 Å². The fraction of sp³-hybridized carbons (Fsp3) is 0.615. The number of nitrogens with one attached hydrogen (secondary N) is 1. The molecular weight excluding hydrogens is 222 g/mol. The topological polar surface area (TPSA) is 24.9 Å². The predicted octanol–water partition coefficient (Wildman–Crippen LogP) is 2.53. The second kappa shape index (κ2) is 4.33. The highest BCUT2D eigenvalue weighted by atomic mass is 19.3. The van der Waals surface area contributed by atoms with Crippen molar-refractivity contribution in [2.45, 2.75) is 31.1 Å². The van der Waals surface area contributed by atoms with Gasteiger partial charge in [0.15, 0.2) is 0 Å². The second-order valence-electron chi connectivity index (χ2n) is 5.13. The number of alkyl halides is 2. The molecule has 4 heteroatoms. The van der Waals surface area contributed by atoms with Gasteiger partial charge in [-0.3, -0.25) is 4.98 Å². The number of pyridine rings is 1. The first kappa shape index (κ1) is 11.1. The van der Waals surface area contributed by atoms with E-state index in [-0.39, 0.29) is 5.92 Å². The van der Waals surface area contributed by atoms with Gasteiger partial charge < -0.3 is 5.32 Å². The van der Waals surface area contributed by atoms with Gasteiger partial charge in [-0.15, -0.1) is 0 Å². The van der Waals surface area contributed by atoms with Crippen LogP contribution in [0.4, 0.5) is 8.78 Å². The molecule has 17 heavy (non-hydrogen) atoms. The lowest BCUT2D eigenvalue weighted by Gasteiger charge is -2.34. The molecule has 0 atom stereocenters. The Bertz CT molecular complexity index is 381. The monoisotopic (exact) mass is 238 g/mol. The van der Waals surface area contributed by atoms with E-state index in [0.29, 0.717) is 18.8 Å². The van der Waals surface area contributed by atoms with E-state index in [2.05, 4.69) is 16.4 Å². The van der Waals surface area contributed by atoms with Crippen molar-refractivity contribution in [3.63, 3.8) is 0 Å². The SMILES string of the molecule is FC(F)C1CC(c2ccc(C3CNC3)cn2)C1. The van der Waals surface area contributed by atoms with Gasteiger partial charge in [0.2, 0.25) is 6.43 Å². The van der Waals surface area contributed by atoms with E-state index in [9.17, 15) is 8.78 Å². The van der Waals surface area contributed by atoms with Crippen molar-refractivity contribution in [2.24, 2.45) is 5.92 Å².